The molecule has 0 atom stereocenters. The number of hydrogen-bond acceptors (Lipinski definition) is 3. The van der Waals surface area contributed by atoms with E-state index in [2.05, 4.69) is 31.2 Å². The normalized spacial score (nSPS) is 10.6. The maximum Gasteiger partial charge on any atom is 0.194 e. The van der Waals surface area contributed by atoms with Gasteiger partial charge in [-0.25, -0.2) is 0 Å². The van der Waals surface area contributed by atoms with Gasteiger partial charge in [0.05, 0.1) is 6.61 Å². The molecular weight excluding hydrogens is 312 g/mol. The van der Waals surface area contributed by atoms with Gasteiger partial charge in [-0.15, -0.1) is 0 Å². The van der Waals surface area contributed by atoms with E-state index in [1.165, 1.54) is 6.92 Å². The average Bonchev–Trinajstić information content (AvgIpc) is 3.13. The SMILES string of the molecule is CCCCOc1ccc(-c2ccc(-c3ccc(C(C)=O)o3)cc2)cc1. The summed E-state index contributed by atoms with van der Waals surface area (Å²) >= 11 is 0. The number of Topliss-reactive ketones (excluding diaryl/α,β-unsaturated/α-hetero) is 1. The molecule has 2 aromatic carbocycles. The van der Waals surface area contributed by atoms with E-state index in [-0.39, 0.29) is 5.78 Å². The van der Waals surface area contributed by atoms with Gasteiger partial charge in [0.25, 0.3) is 0 Å². The van der Waals surface area contributed by atoms with Crippen molar-refractivity contribution >= 4 is 5.78 Å². The Kier molecular flexibility index (Phi) is 5.34. The minimum atomic E-state index is -0.0656. The van der Waals surface area contributed by atoms with E-state index in [0.717, 1.165) is 41.9 Å². The van der Waals surface area contributed by atoms with Crippen LogP contribution in [0.15, 0.2) is 65.1 Å². The lowest BCUT2D eigenvalue weighted by Crippen LogP contribution is -1.95. The van der Waals surface area contributed by atoms with Gasteiger partial charge in [-0.3, -0.25) is 4.79 Å². The largest absolute Gasteiger partial charge is 0.494 e. The summed E-state index contributed by atoms with van der Waals surface area (Å²) in [6.45, 7) is 4.41. The van der Waals surface area contributed by atoms with Crippen molar-refractivity contribution in [2.24, 2.45) is 0 Å². The van der Waals surface area contributed by atoms with Crippen LogP contribution in [0.3, 0.4) is 0 Å². The fourth-order valence-electron chi connectivity index (χ4n) is 2.59. The Labute approximate surface area is 148 Å². The first kappa shape index (κ1) is 17.0. The maximum absolute atomic E-state index is 11.3. The van der Waals surface area contributed by atoms with Crippen molar-refractivity contribution in [1.82, 2.24) is 0 Å². The zero-order valence-electron chi connectivity index (χ0n) is 14.6. The molecule has 1 heterocycles. The van der Waals surface area contributed by atoms with Crippen LogP contribution in [0, 0.1) is 0 Å². The van der Waals surface area contributed by atoms with Crippen LogP contribution in [0.1, 0.15) is 37.2 Å². The van der Waals surface area contributed by atoms with Crippen LogP contribution in [0.4, 0.5) is 0 Å². The topological polar surface area (TPSA) is 39.4 Å². The van der Waals surface area contributed by atoms with E-state index in [1.54, 1.807) is 6.07 Å². The number of unbranched alkanes of at least 4 members (excludes halogenated alkanes) is 1. The molecule has 3 nitrogen and oxygen atoms in total. The molecule has 1 aromatic heterocycles. The van der Waals surface area contributed by atoms with Crippen molar-refractivity contribution in [3.63, 3.8) is 0 Å². The average molecular weight is 334 g/mol. The molecule has 0 unspecified atom stereocenters. The molecule has 0 spiro atoms. The molecule has 3 heteroatoms. The third kappa shape index (κ3) is 4.18. The molecule has 0 saturated carbocycles. The Morgan fingerprint density at radius 1 is 0.880 bits per heavy atom. The van der Waals surface area contributed by atoms with Crippen LogP contribution in [-0.2, 0) is 0 Å². The van der Waals surface area contributed by atoms with Crippen molar-refractivity contribution in [2.75, 3.05) is 6.61 Å². The first-order valence-electron chi connectivity index (χ1n) is 8.62. The second kappa shape index (κ2) is 7.84. The van der Waals surface area contributed by atoms with Gasteiger partial charge >= 0.3 is 0 Å². The molecule has 0 aliphatic carbocycles. The van der Waals surface area contributed by atoms with Crippen molar-refractivity contribution < 1.29 is 13.9 Å². The monoisotopic (exact) mass is 334 g/mol. The molecule has 0 amide bonds. The zero-order valence-corrected chi connectivity index (χ0v) is 14.6. The highest BCUT2D eigenvalue weighted by Crippen LogP contribution is 2.27. The highest BCUT2D eigenvalue weighted by atomic mass is 16.5. The first-order valence-corrected chi connectivity index (χ1v) is 8.62. The number of benzene rings is 2. The molecule has 0 aliphatic rings. The van der Waals surface area contributed by atoms with Gasteiger partial charge < -0.3 is 9.15 Å². The Balaban J connectivity index is 1.72. The van der Waals surface area contributed by atoms with Gasteiger partial charge in [-0.2, -0.15) is 0 Å². The van der Waals surface area contributed by atoms with Crippen molar-refractivity contribution in [2.45, 2.75) is 26.7 Å². The van der Waals surface area contributed by atoms with Gasteiger partial charge in [0, 0.05) is 12.5 Å². The van der Waals surface area contributed by atoms with Crippen LogP contribution < -0.4 is 4.74 Å². The predicted molar refractivity (Wildman–Crippen MR) is 100.0 cm³/mol. The van der Waals surface area contributed by atoms with E-state index in [4.69, 9.17) is 9.15 Å². The van der Waals surface area contributed by atoms with E-state index in [0.29, 0.717) is 11.5 Å². The van der Waals surface area contributed by atoms with E-state index in [1.807, 2.05) is 30.3 Å². The lowest BCUT2D eigenvalue weighted by atomic mass is 10.0. The summed E-state index contributed by atoms with van der Waals surface area (Å²) in [5.74, 6) is 1.93. The van der Waals surface area contributed by atoms with Crippen LogP contribution in [0.5, 0.6) is 5.75 Å². The molecule has 3 rings (SSSR count). The number of carbonyl (C=O) groups is 1. The maximum atomic E-state index is 11.3. The molecule has 25 heavy (non-hydrogen) atoms. The molecule has 128 valence electrons. The van der Waals surface area contributed by atoms with Crippen LogP contribution >= 0.6 is 0 Å². The van der Waals surface area contributed by atoms with Gasteiger partial charge in [0.15, 0.2) is 11.5 Å². The Bertz CT molecular complexity index is 826. The number of hydrogen-bond donors (Lipinski definition) is 0. The molecule has 0 fully saturated rings. The fourth-order valence-corrected chi connectivity index (χ4v) is 2.59. The van der Waals surface area contributed by atoms with Crippen molar-refractivity contribution in [1.29, 1.82) is 0 Å². The highest BCUT2D eigenvalue weighted by molar-refractivity contribution is 5.91. The van der Waals surface area contributed by atoms with E-state index < -0.39 is 0 Å². The summed E-state index contributed by atoms with van der Waals surface area (Å²) in [4.78, 5) is 11.3. The van der Waals surface area contributed by atoms with Crippen molar-refractivity contribution in [3.05, 3.63) is 66.4 Å². The lowest BCUT2D eigenvalue weighted by molar-refractivity contribution is 0.0988. The van der Waals surface area contributed by atoms with Crippen molar-refractivity contribution in [3.8, 4) is 28.2 Å². The predicted octanol–water partition coefficient (Wildman–Crippen LogP) is 6.00. The zero-order chi connectivity index (χ0) is 17.6. The fraction of sp³-hybridized carbons (Fsp3) is 0.227. The molecule has 0 N–H and O–H groups in total. The third-order valence-corrected chi connectivity index (χ3v) is 4.08. The molecule has 0 saturated heterocycles. The van der Waals surface area contributed by atoms with Crippen LogP contribution in [0.25, 0.3) is 22.5 Å². The summed E-state index contributed by atoms with van der Waals surface area (Å²) in [5, 5.41) is 0. The summed E-state index contributed by atoms with van der Waals surface area (Å²) < 4.78 is 11.3. The Morgan fingerprint density at radius 2 is 1.48 bits per heavy atom. The smallest absolute Gasteiger partial charge is 0.194 e. The van der Waals surface area contributed by atoms with Gasteiger partial charge in [0.1, 0.15) is 11.5 Å². The van der Waals surface area contributed by atoms with Gasteiger partial charge in [0.2, 0.25) is 0 Å². The van der Waals surface area contributed by atoms with Crippen LogP contribution in [0.2, 0.25) is 0 Å². The first-order chi connectivity index (χ1) is 12.2. The van der Waals surface area contributed by atoms with Crippen LogP contribution in [-0.4, -0.2) is 12.4 Å². The second-order valence-corrected chi connectivity index (χ2v) is 6.02. The van der Waals surface area contributed by atoms with E-state index in [9.17, 15) is 4.79 Å². The minimum Gasteiger partial charge on any atom is -0.494 e. The molecule has 0 radical (unpaired) electrons. The third-order valence-electron chi connectivity index (χ3n) is 4.08. The number of carbonyl (C=O) groups excluding carboxylic acids is 1. The number of furan rings is 1. The highest BCUT2D eigenvalue weighted by Gasteiger charge is 2.08. The summed E-state index contributed by atoms with van der Waals surface area (Å²) in [6.07, 6.45) is 2.20. The molecular formula is C22H22O3. The summed E-state index contributed by atoms with van der Waals surface area (Å²) in [6, 6.07) is 19.8. The summed E-state index contributed by atoms with van der Waals surface area (Å²) in [7, 11) is 0. The number of ketones is 1. The Morgan fingerprint density at radius 3 is 2.04 bits per heavy atom. The summed E-state index contributed by atoms with van der Waals surface area (Å²) in [5.41, 5.74) is 3.22. The number of ether oxygens (including phenoxy) is 1. The Hall–Kier alpha value is -2.81. The standard InChI is InChI=1S/C22H22O3/c1-3-4-15-24-20-11-9-18(10-12-20)17-5-7-19(8-6-17)22-14-13-21(25-22)16(2)23/h5-14H,3-4,15H2,1-2H3. The number of rotatable bonds is 7. The van der Waals surface area contributed by atoms with Gasteiger partial charge in [-0.05, 0) is 41.8 Å². The molecule has 0 bridgehead atoms. The second-order valence-electron chi connectivity index (χ2n) is 6.02. The lowest BCUT2D eigenvalue weighted by Gasteiger charge is -2.07. The van der Waals surface area contributed by atoms with Gasteiger partial charge in [-0.1, -0.05) is 49.7 Å². The quantitative estimate of drug-likeness (QED) is 0.393. The van der Waals surface area contributed by atoms with E-state index >= 15 is 0 Å². The molecule has 0 aliphatic heterocycles. The minimum absolute atomic E-state index is 0.0656. The molecule has 3 aromatic rings.